The smallest absolute Gasteiger partial charge is 0.328 e. The van der Waals surface area contributed by atoms with Crippen LogP contribution < -0.4 is 5.56 Å². The fourth-order valence-electron chi connectivity index (χ4n) is 3.32. The van der Waals surface area contributed by atoms with Crippen molar-refractivity contribution in [1.29, 1.82) is 0 Å². The van der Waals surface area contributed by atoms with Gasteiger partial charge in [0.2, 0.25) is 0 Å². The van der Waals surface area contributed by atoms with Gasteiger partial charge in [0.15, 0.2) is 6.04 Å². The van der Waals surface area contributed by atoms with Gasteiger partial charge in [0.1, 0.15) is 6.17 Å². The first-order chi connectivity index (χ1) is 11.8. The first-order valence-electron chi connectivity index (χ1n) is 9.07. The van der Waals surface area contributed by atoms with Crippen LogP contribution in [-0.4, -0.2) is 51.6 Å². The molecule has 0 bridgehead atoms. The number of carboxylic acids is 1. The average Bonchev–Trinajstić information content (AvgIpc) is 3.33. The van der Waals surface area contributed by atoms with E-state index in [1.807, 2.05) is 24.8 Å². The lowest BCUT2D eigenvalue weighted by Gasteiger charge is -2.34. The van der Waals surface area contributed by atoms with Gasteiger partial charge in [-0.2, -0.15) is 5.10 Å². The van der Waals surface area contributed by atoms with E-state index in [0.29, 0.717) is 38.0 Å². The third kappa shape index (κ3) is 4.26. The number of hydrogen-bond acceptors (Lipinski definition) is 4. The van der Waals surface area contributed by atoms with E-state index < -0.39 is 18.2 Å². The van der Waals surface area contributed by atoms with E-state index in [1.54, 1.807) is 0 Å². The van der Waals surface area contributed by atoms with Gasteiger partial charge in [-0.3, -0.25) is 9.69 Å². The lowest BCUT2D eigenvalue weighted by molar-refractivity contribution is -0.141. The standard InChI is InChI=1S/C18H26FN3O3/c1-11(2)7-16(18(24)25)22-17(23)15(12-3-4-12)8-14(20-22)5-6-21-9-13(19)10-21/h8,11-13,16H,3-7,9-10H2,1-2H3,(H,24,25)/t16-/m0/s1. The molecule has 1 atom stereocenters. The highest BCUT2D eigenvalue weighted by atomic mass is 19.1. The van der Waals surface area contributed by atoms with E-state index in [1.165, 1.54) is 4.68 Å². The molecule has 138 valence electrons. The number of aromatic nitrogens is 2. The van der Waals surface area contributed by atoms with Gasteiger partial charge in [-0.25, -0.2) is 13.9 Å². The molecule has 1 aliphatic carbocycles. The third-order valence-corrected chi connectivity index (χ3v) is 4.90. The van der Waals surface area contributed by atoms with E-state index in [4.69, 9.17) is 0 Å². The van der Waals surface area contributed by atoms with Gasteiger partial charge in [0, 0.05) is 31.6 Å². The van der Waals surface area contributed by atoms with Crippen molar-refractivity contribution in [2.75, 3.05) is 19.6 Å². The zero-order valence-electron chi connectivity index (χ0n) is 14.8. The predicted octanol–water partition coefficient (Wildman–Crippen LogP) is 1.99. The summed E-state index contributed by atoms with van der Waals surface area (Å²) < 4.78 is 14.1. The zero-order chi connectivity index (χ0) is 18.1. The average molecular weight is 351 g/mol. The second-order valence-electron chi connectivity index (χ2n) is 7.71. The highest BCUT2D eigenvalue weighted by Crippen LogP contribution is 2.38. The first kappa shape index (κ1) is 18.0. The number of hydrogen-bond donors (Lipinski definition) is 1. The number of rotatable bonds is 8. The van der Waals surface area contributed by atoms with Crippen LogP contribution in [0.1, 0.15) is 56.3 Å². The Bertz CT molecular complexity index is 693. The second-order valence-corrected chi connectivity index (χ2v) is 7.71. The molecule has 1 saturated carbocycles. The minimum atomic E-state index is -1.02. The van der Waals surface area contributed by atoms with Crippen LogP contribution in [0.25, 0.3) is 0 Å². The van der Waals surface area contributed by atoms with Crippen molar-refractivity contribution in [2.45, 2.75) is 57.7 Å². The van der Waals surface area contributed by atoms with E-state index in [-0.39, 0.29) is 17.4 Å². The summed E-state index contributed by atoms with van der Waals surface area (Å²) in [5.41, 5.74) is 1.14. The maximum atomic E-state index is 12.9. The summed E-state index contributed by atoms with van der Waals surface area (Å²) in [4.78, 5) is 26.5. The number of likely N-dealkylation sites (tertiary alicyclic amines) is 1. The highest BCUT2D eigenvalue weighted by molar-refractivity contribution is 5.71. The Morgan fingerprint density at radius 3 is 2.60 bits per heavy atom. The van der Waals surface area contributed by atoms with Crippen molar-refractivity contribution < 1.29 is 14.3 Å². The summed E-state index contributed by atoms with van der Waals surface area (Å²) in [6, 6.07) is 0.890. The fraction of sp³-hybridized carbons (Fsp3) is 0.722. The summed E-state index contributed by atoms with van der Waals surface area (Å²) >= 11 is 0. The molecule has 0 aromatic carbocycles. The molecule has 1 aromatic heterocycles. The number of carbonyl (C=O) groups is 1. The molecular formula is C18H26FN3O3. The molecule has 0 spiro atoms. The summed E-state index contributed by atoms with van der Waals surface area (Å²) in [5, 5.41) is 14.0. The van der Waals surface area contributed by atoms with Gasteiger partial charge in [-0.05, 0) is 37.2 Å². The molecule has 0 amide bonds. The van der Waals surface area contributed by atoms with E-state index in [9.17, 15) is 19.1 Å². The lowest BCUT2D eigenvalue weighted by Crippen LogP contribution is -2.49. The van der Waals surface area contributed by atoms with Gasteiger partial charge >= 0.3 is 5.97 Å². The van der Waals surface area contributed by atoms with Crippen LogP contribution in [0.3, 0.4) is 0 Å². The largest absolute Gasteiger partial charge is 0.480 e. The minimum absolute atomic E-state index is 0.144. The molecular weight excluding hydrogens is 325 g/mol. The van der Waals surface area contributed by atoms with Crippen LogP contribution >= 0.6 is 0 Å². The molecule has 3 rings (SSSR count). The van der Waals surface area contributed by atoms with Crippen molar-refractivity contribution >= 4 is 5.97 Å². The first-order valence-corrected chi connectivity index (χ1v) is 9.07. The Labute approximate surface area is 146 Å². The van der Waals surface area contributed by atoms with Crippen molar-refractivity contribution in [2.24, 2.45) is 5.92 Å². The zero-order valence-corrected chi connectivity index (χ0v) is 14.8. The van der Waals surface area contributed by atoms with Gasteiger partial charge in [0.05, 0.1) is 5.69 Å². The number of alkyl halides is 1. The van der Waals surface area contributed by atoms with Crippen LogP contribution in [-0.2, 0) is 11.2 Å². The number of nitrogens with zero attached hydrogens (tertiary/aromatic N) is 3. The summed E-state index contributed by atoms with van der Waals surface area (Å²) in [7, 11) is 0. The van der Waals surface area contributed by atoms with Gasteiger partial charge < -0.3 is 5.11 Å². The molecule has 2 aliphatic rings. The highest BCUT2D eigenvalue weighted by Gasteiger charge is 2.31. The molecule has 0 radical (unpaired) electrons. The lowest BCUT2D eigenvalue weighted by atomic mass is 10.0. The van der Waals surface area contributed by atoms with Crippen molar-refractivity contribution in [3.8, 4) is 0 Å². The van der Waals surface area contributed by atoms with Gasteiger partial charge in [-0.1, -0.05) is 13.8 Å². The number of halogens is 1. The maximum absolute atomic E-state index is 12.9. The fourth-order valence-corrected chi connectivity index (χ4v) is 3.32. The van der Waals surface area contributed by atoms with Gasteiger partial charge in [-0.15, -0.1) is 0 Å². The molecule has 2 fully saturated rings. The Morgan fingerprint density at radius 1 is 1.40 bits per heavy atom. The Kier molecular flexibility index (Phi) is 5.22. The van der Waals surface area contributed by atoms with Gasteiger partial charge in [0.25, 0.3) is 5.56 Å². The molecule has 2 heterocycles. The van der Waals surface area contributed by atoms with Crippen LogP contribution in [0, 0.1) is 5.92 Å². The molecule has 1 aliphatic heterocycles. The Morgan fingerprint density at radius 2 is 2.08 bits per heavy atom. The van der Waals surface area contributed by atoms with Crippen LogP contribution in [0.2, 0.25) is 0 Å². The van der Waals surface area contributed by atoms with E-state index in [2.05, 4.69) is 5.10 Å². The third-order valence-electron chi connectivity index (χ3n) is 4.90. The minimum Gasteiger partial charge on any atom is -0.480 e. The molecule has 25 heavy (non-hydrogen) atoms. The quantitative estimate of drug-likeness (QED) is 0.775. The molecule has 1 N–H and O–H groups in total. The van der Waals surface area contributed by atoms with Crippen LogP contribution in [0.5, 0.6) is 0 Å². The summed E-state index contributed by atoms with van der Waals surface area (Å²) in [6.07, 6.45) is 2.16. The number of aliphatic carboxylic acids is 1. The summed E-state index contributed by atoms with van der Waals surface area (Å²) in [6.45, 7) is 5.44. The van der Waals surface area contributed by atoms with Crippen LogP contribution in [0.15, 0.2) is 10.9 Å². The van der Waals surface area contributed by atoms with Crippen molar-refractivity contribution in [3.63, 3.8) is 0 Å². The van der Waals surface area contributed by atoms with Crippen molar-refractivity contribution in [3.05, 3.63) is 27.7 Å². The topological polar surface area (TPSA) is 75.4 Å². The molecule has 7 heteroatoms. The van der Waals surface area contributed by atoms with Crippen molar-refractivity contribution in [1.82, 2.24) is 14.7 Å². The molecule has 1 saturated heterocycles. The molecule has 1 aromatic rings. The van der Waals surface area contributed by atoms with Crippen LogP contribution in [0.4, 0.5) is 4.39 Å². The number of carboxylic acid groups (broad SMARTS) is 1. The second kappa shape index (κ2) is 7.23. The van der Waals surface area contributed by atoms with E-state index >= 15 is 0 Å². The van der Waals surface area contributed by atoms with E-state index in [0.717, 1.165) is 18.5 Å². The Hall–Kier alpha value is -1.76. The monoisotopic (exact) mass is 351 g/mol. The Balaban J connectivity index is 1.87. The maximum Gasteiger partial charge on any atom is 0.328 e. The molecule has 6 nitrogen and oxygen atoms in total. The molecule has 0 unspecified atom stereocenters. The normalized spacial score (nSPS) is 19.8. The summed E-state index contributed by atoms with van der Waals surface area (Å²) in [5.74, 6) is -0.649. The SMILES string of the molecule is CC(C)C[C@@H](C(=O)O)n1nc(CCN2CC(F)C2)cc(C2CC2)c1=O. The predicted molar refractivity (Wildman–Crippen MR) is 91.6 cm³/mol.